The fraction of sp³-hybridized carbons (Fsp3) is 0.278. The van der Waals surface area contributed by atoms with E-state index >= 15 is 0 Å². The molecular weight excluding hydrogens is 294 g/mol. The van der Waals surface area contributed by atoms with Crippen molar-refractivity contribution in [2.45, 2.75) is 26.3 Å². The second kappa shape index (κ2) is 8.19. The number of hydrogen-bond acceptors (Lipinski definition) is 5. The summed E-state index contributed by atoms with van der Waals surface area (Å²) in [5, 5.41) is 0. The van der Waals surface area contributed by atoms with Gasteiger partial charge in [-0.3, -0.25) is 0 Å². The second-order valence-corrected chi connectivity index (χ2v) is 4.96. The van der Waals surface area contributed by atoms with Crippen molar-refractivity contribution in [3.05, 3.63) is 60.7 Å². The zero-order chi connectivity index (χ0) is 16.7. The van der Waals surface area contributed by atoms with E-state index in [1.165, 1.54) is 0 Å². The lowest BCUT2D eigenvalue weighted by Crippen LogP contribution is -2.44. The Balaban J connectivity index is 2.06. The van der Waals surface area contributed by atoms with E-state index in [-0.39, 0.29) is 6.23 Å². The van der Waals surface area contributed by atoms with Gasteiger partial charge in [0, 0.05) is 12.8 Å². The topological polar surface area (TPSA) is 48.0 Å². The van der Waals surface area contributed by atoms with E-state index in [1.54, 1.807) is 38.3 Å². The van der Waals surface area contributed by atoms with Crippen LogP contribution in [0.2, 0.25) is 0 Å². The van der Waals surface area contributed by atoms with Gasteiger partial charge in [-0.15, -0.1) is 0 Å². The van der Waals surface area contributed by atoms with Crippen LogP contribution in [0.5, 0.6) is 5.75 Å². The molecule has 0 aromatic heterocycles. The molecule has 122 valence electrons. The molecule has 0 aliphatic carbocycles. The highest BCUT2D eigenvalue weighted by atomic mass is 16.7. The van der Waals surface area contributed by atoms with Crippen molar-refractivity contribution in [3.63, 3.8) is 0 Å². The molecule has 0 aliphatic rings. The first kappa shape index (κ1) is 16.8. The Hall–Kier alpha value is -2.53. The van der Waals surface area contributed by atoms with Crippen molar-refractivity contribution in [2.24, 2.45) is 0 Å². The number of ether oxygens (including phenoxy) is 3. The molecule has 5 nitrogen and oxygen atoms in total. The maximum atomic E-state index is 12.0. The molecule has 0 saturated heterocycles. The molecule has 2 aromatic carbocycles. The van der Waals surface area contributed by atoms with Crippen LogP contribution in [0.25, 0.3) is 0 Å². The number of benzene rings is 2. The summed E-state index contributed by atoms with van der Waals surface area (Å²) >= 11 is 0. The fourth-order valence-corrected chi connectivity index (χ4v) is 2.23. The first-order chi connectivity index (χ1) is 11.1. The predicted octanol–water partition coefficient (Wildman–Crippen LogP) is 4.05. The zero-order valence-electron chi connectivity index (χ0n) is 13.5. The molecule has 0 saturated carbocycles. The van der Waals surface area contributed by atoms with Crippen molar-refractivity contribution in [1.29, 1.82) is 0 Å². The van der Waals surface area contributed by atoms with Gasteiger partial charge in [-0.05, 0) is 38.1 Å². The van der Waals surface area contributed by atoms with Gasteiger partial charge in [-0.2, -0.15) is 0 Å². The molecule has 0 fully saturated rings. The first-order valence-corrected chi connectivity index (χ1v) is 7.41. The van der Waals surface area contributed by atoms with E-state index in [2.05, 4.69) is 0 Å². The summed E-state index contributed by atoms with van der Waals surface area (Å²) in [4.78, 5) is 13.8. The Morgan fingerprint density at radius 2 is 1.48 bits per heavy atom. The maximum absolute atomic E-state index is 12.0. The molecule has 0 spiro atoms. The SMILES string of the molecule is COC(C)N(c1ccccc1)C(C)OC(=O)Oc1ccccc1. The standard InChI is InChI=1S/C18H21NO4/c1-14(21-3)19(16-10-6-4-7-11-16)15(2)22-18(20)23-17-12-8-5-9-13-17/h4-15H,1-3H3. The molecule has 2 rings (SSSR count). The van der Waals surface area contributed by atoms with E-state index in [0.717, 1.165) is 5.69 Å². The molecule has 0 heterocycles. The Morgan fingerprint density at radius 1 is 0.913 bits per heavy atom. The summed E-state index contributed by atoms with van der Waals surface area (Å²) in [6.07, 6.45) is -1.58. The van der Waals surface area contributed by atoms with Crippen LogP contribution in [0.3, 0.4) is 0 Å². The lowest BCUT2D eigenvalue weighted by Gasteiger charge is -2.34. The molecular formula is C18H21NO4. The third kappa shape index (κ3) is 4.72. The van der Waals surface area contributed by atoms with E-state index < -0.39 is 12.4 Å². The van der Waals surface area contributed by atoms with Crippen molar-refractivity contribution in [1.82, 2.24) is 0 Å². The van der Waals surface area contributed by atoms with Gasteiger partial charge in [0.1, 0.15) is 12.0 Å². The molecule has 0 amide bonds. The lowest BCUT2D eigenvalue weighted by atomic mass is 10.2. The Morgan fingerprint density at radius 3 is 2.04 bits per heavy atom. The summed E-state index contributed by atoms with van der Waals surface area (Å²) in [5.41, 5.74) is 0.891. The molecule has 0 aliphatic heterocycles. The summed E-state index contributed by atoms with van der Waals surface area (Å²) in [5.74, 6) is 0.441. The summed E-state index contributed by atoms with van der Waals surface area (Å²) in [6.45, 7) is 3.66. The van der Waals surface area contributed by atoms with Gasteiger partial charge < -0.3 is 19.1 Å². The monoisotopic (exact) mass is 315 g/mol. The van der Waals surface area contributed by atoms with Gasteiger partial charge in [0.05, 0.1) is 0 Å². The van der Waals surface area contributed by atoms with Crippen molar-refractivity contribution < 1.29 is 19.0 Å². The van der Waals surface area contributed by atoms with Gasteiger partial charge in [-0.1, -0.05) is 36.4 Å². The normalized spacial score (nSPS) is 13.0. The van der Waals surface area contributed by atoms with Crippen LogP contribution in [0.4, 0.5) is 10.5 Å². The van der Waals surface area contributed by atoms with Crippen molar-refractivity contribution in [2.75, 3.05) is 12.0 Å². The van der Waals surface area contributed by atoms with Crippen LogP contribution in [0.1, 0.15) is 13.8 Å². The second-order valence-electron chi connectivity index (χ2n) is 4.96. The van der Waals surface area contributed by atoms with E-state index in [1.807, 2.05) is 48.2 Å². The smallest absolute Gasteiger partial charge is 0.410 e. The molecule has 0 N–H and O–H groups in total. The minimum atomic E-state index is -0.757. The maximum Gasteiger partial charge on any atom is 0.515 e. The summed E-state index contributed by atoms with van der Waals surface area (Å²) in [7, 11) is 1.61. The zero-order valence-corrected chi connectivity index (χ0v) is 13.5. The van der Waals surface area contributed by atoms with Crippen molar-refractivity contribution >= 4 is 11.8 Å². The molecule has 2 unspecified atom stereocenters. The number of methoxy groups -OCH3 is 1. The number of anilines is 1. The molecule has 23 heavy (non-hydrogen) atoms. The quantitative estimate of drug-likeness (QED) is 0.457. The fourth-order valence-electron chi connectivity index (χ4n) is 2.23. The van der Waals surface area contributed by atoms with E-state index in [4.69, 9.17) is 14.2 Å². The number of carbonyl (C=O) groups is 1. The van der Waals surface area contributed by atoms with Gasteiger partial charge >= 0.3 is 6.16 Å². The van der Waals surface area contributed by atoms with Gasteiger partial charge in [-0.25, -0.2) is 4.79 Å². The number of hydrogen-bond donors (Lipinski definition) is 0. The Kier molecular flexibility index (Phi) is 6.00. The number of nitrogens with zero attached hydrogens (tertiary/aromatic N) is 1. The highest BCUT2D eigenvalue weighted by molar-refractivity contribution is 5.64. The Labute approximate surface area is 136 Å². The number of para-hydroxylation sites is 2. The third-order valence-corrected chi connectivity index (χ3v) is 3.39. The molecule has 0 radical (unpaired) electrons. The van der Waals surface area contributed by atoms with Crippen molar-refractivity contribution in [3.8, 4) is 5.75 Å². The van der Waals surface area contributed by atoms with Crippen LogP contribution in [0.15, 0.2) is 60.7 Å². The van der Waals surface area contributed by atoms with Crippen LogP contribution in [-0.2, 0) is 9.47 Å². The van der Waals surface area contributed by atoms with Crippen LogP contribution in [-0.4, -0.2) is 25.7 Å². The highest BCUT2D eigenvalue weighted by Crippen LogP contribution is 2.21. The summed E-state index contributed by atoms with van der Waals surface area (Å²) in [6, 6.07) is 18.4. The predicted molar refractivity (Wildman–Crippen MR) is 88.4 cm³/mol. The summed E-state index contributed by atoms with van der Waals surface area (Å²) < 4.78 is 15.9. The average Bonchev–Trinajstić information content (AvgIpc) is 2.56. The van der Waals surface area contributed by atoms with Gasteiger partial charge in [0.25, 0.3) is 0 Å². The average molecular weight is 315 g/mol. The highest BCUT2D eigenvalue weighted by Gasteiger charge is 2.24. The molecule has 2 atom stereocenters. The van der Waals surface area contributed by atoms with Crippen LogP contribution in [0, 0.1) is 0 Å². The molecule has 2 aromatic rings. The Bertz CT molecular complexity index is 603. The number of rotatable bonds is 6. The largest absolute Gasteiger partial charge is 0.515 e. The van der Waals surface area contributed by atoms with E-state index in [0.29, 0.717) is 5.75 Å². The molecule has 0 bridgehead atoms. The first-order valence-electron chi connectivity index (χ1n) is 7.41. The minimum Gasteiger partial charge on any atom is -0.410 e. The third-order valence-electron chi connectivity index (χ3n) is 3.39. The van der Waals surface area contributed by atoms with Gasteiger partial charge in [0.2, 0.25) is 0 Å². The van der Waals surface area contributed by atoms with E-state index in [9.17, 15) is 4.79 Å². The molecule has 5 heteroatoms. The number of carbonyl (C=O) groups excluding carboxylic acids is 1. The van der Waals surface area contributed by atoms with Crippen LogP contribution >= 0.6 is 0 Å². The van der Waals surface area contributed by atoms with Gasteiger partial charge in [0.15, 0.2) is 6.23 Å². The van der Waals surface area contributed by atoms with Crippen LogP contribution < -0.4 is 9.64 Å². The minimum absolute atomic E-state index is 0.267. The lowest BCUT2D eigenvalue weighted by molar-refractivity contribution is 0.0299.